The van der Waals surface area contributed by atoms with Crippen molar-refractivity contribution in [3.8, 4) is 5.75 Å². The number of carbonyl (C=O) groups excluding carboxylic acids is 1. The average molecular weight is 293 g/mol. The Morgan fingerprint density at radius 1 is 1.45 bits per heavy atom. The van der Waals surface area contributed by atoms with Gasteiger partial charge in [-0.1, -0.05) is 6.92 Å². The molecule has 1 aliphatic rings. The quantitative estimate of drug-likeness (QED) is 0.780. The third-order valence-corrected chi connectivity index (χ3v) is 5.30. The van der Waals surface area contributed by atoms with Gasteiger partial charge >= 0.3 is 0 Å². The Hall–Kier alpha value is -1.00. The molecule has 0 saturated carbocycles. The fourth-order valence-corrected chi connectivity index (χ4v) is 3.71. The second-order valence-electron chi connectivity index (χ2n) is 5.16. The molecule has 1 aromatic carbocycles. The number of carbonyl (C=O) groups is 1. The number of hydrogen-bond donors (Lipinski definition) is 0. The van der Waals surface area contributed by atoms with Crippen molar-refractivity contribution in [1.29, 1.82) is 0 Å². The van der Waals surface area contributed by atoms with E-state index >= 15 is 0 Å². The van der Waals surface area contributed by atoms with Crippen molar-refractivity contribution in [3.63, 3.8) is 0 Å². The number of thioether (sulfide) groups is 1. The number of nitrogens with zero attached hydrogens (tertiary/aromatic N) is 1. The minimum absolute atomic E-state index is 0.0432. The SMILES string of the molecule is CCC1CN(C(C)C(=O)c2ccc(OC)cc2)CCS1. The van der Waals surface area contributed by atoms with Gasteiger partial charge < -0.3 is 4.74 Å². The number of rotatable bonds is 5. The normalized spacial score (nSPS) is 21.4. The predicted molar refractivity (Wildman–Crippen MR) is 84.9 cm³/mol. The minimum atomic E-state index is -0.0432. The lowest BCUT2D eigenvalue weighted by Gasteiger charge is -2.35. The fraction of sp³-hybridized carbons (Fsp3) is 0.562. The first kappa shape index (κ1) is 15.4. The van der Waals surface area contributed by atoms with E-state index in [1.807, 2.05) is 43.0 Å². The van der Waals surface area contributed by atoms with E-state index in [0.717, 1.165) is 30.2 Å². The van der Waals surface area contributed by atoms with Gasteiger partial charge in [0.2, 0.25) is 0 Å². The molecule has 2 rings (SSSR count). The van der Waals surface area contributed by atoms with E-state index in [1.165, 1.54) is 6.42 Å². The summed E-state index contributed by atoms with van der Waals surface area (Å²) in [5.41, 5.74) is 0.768. The molecule has 1 aromatic rings. The molecule has 3 nitrogen and oxygen atoms in total. The van der Waals surface area contributed by atoms with Gasteiger partial charge in [-0.15, -0.1) is 0 Å². The van der Waals surface area contributed by atoms with Crippen molar-refractivity contribution in [2.75, 3.05) is 26.0 Å². The van der Waals surface area contributed by atoms with Crippen LogP contribution in [0.4, 0.5) is 0 Å². The van der Waals surface area contributed by atoms with Crippen LogP contribution in [0.15, 0.2) is 24.3 Å². The van der Waals surface area contributed by atoms with Gasteiger partial charge in [-0.05, 0) is 37.6 Å². The van der Waals surface area contributed by atoms with Gasteiger partial charge in [0.05, 0.1) is 13.2 Å². The van der Waals surface area contributed by atoms with E-state index in [9.17, 15) is 4.79 Å². The van der Waals surface area contributed by atoms with Crippen LogP contribution in [0.25, 0.3) is 0 Å². The third kappa shape index (κ3) is 3.55. The van der Waals surface area contributed by atoms with Gasteiger partial charge in [0.15, 0.2) is 5.78 Å². The highest BCUT2D eigenvalue weighted by Gasteiger charge is 2.27. The second kappa shape index (κ2) is 7.14. The summed E-state index contributed by atoms with van der Waals surface area (Å²) < 4.78 is 5.13. The Morgan fingerprint density at radius 2 is 2.15 bits per heavy atom. The summed E-state index contributed by atoms with van der Waals surface area (Å²) in [5.74, 6) is 2.11. The van der Waals surface area contributed by atoms with Crippen LogP contribution in [0.3, 0.4) is 0 Å². The number of hydrogen-bond acceptors (Lipinski definition) is 4. The fourth-order valence-electron chi connectivity index (χ4n) is 2.50. The van der Waals surface area contributed by atoms with Crippen molar-refractivity contribution in [3.05, 3.63) is 29.8 Å². The van der Waals surface area contributed by atoms with Gasteiger partial charge in [0.25, 0.3) is 0 Å². The van der Waals surface area contributed by atoms with E-state index in [0.29, 0.717) is 5.25 Å². The first-order chi connectivity index (χ1) is 9.65. The lowest BCUT2D eigenvalue weighted by molar-refractivity contribution is 0.0842. The van der Waals surface area contributed by atoms with Gasteiger partial charge in [0, 0.05) is 29.7 Å². The van der Waals surface area contributed by atoms with E-state index in [2.05, 4.69) is 11.8 Å². The lowest BCUT2D eigenvalue weighted by Crippen LogP contribution is -2.46. The van der Waals surface area contributed by atoms with Crippen LogP contribution in [-0.4, -0.2) is 47.9 Å². The molecule has 2 atom stereocenters. The van der Waals surface area contributed by atoms with E-state index < -0.39 is 0 Å². The number of ether oxygens (including phenoxy) is 1. The highest BCUT2D eigenvalue weighted by Crippen LogP contribution is 2.24. The largest absolute Gasteiger partial charge is 0.497 e. The van der Waals surface area contributed by atoms with Gasteiger partial charge in [-0.3, -0.25) is 9.69 Å². The molecule has 0 aliphatic carbocycles. The van der Waals surface area contributed by atoms with Crippen LogP contribution in [-0.2, 0) is 0 Å². The second-order valence-corrected chi connectivity index (χ2v) is 6.57. The summed E-state index contributed by atoms with van der Waals surface area (Å²) in [7, 11) is 1.63. The van der Waals surface area contributed by atoms with Crippen molar-refractivity contribution >= 4 is 17.5 Å². The molecular formula is C16H23NO2S. The Morgan fingerprint density at radius 3 is 2.75 bits per heavy atom. The standard InChI is InChI=1S/C16H23NO2S/c1-4-15-11-17(9-10-20-15)12(2)16(18)13-5-7-14(19-3)8-6-13/h5-8,12,15H,4,9-11H2,1-3H3. The van der Waals surface area contributed by atoms with Crippen LogP contribution >= 0.6 is 11.8 Å². The molecule has 0 N–H and O–H groups in total. The minimum Gasteiger partial charge on any atom is -0.497 e. The van der Waals surface area contributed by atoms with Crippen molar-refractivity contribution in [1.82, 2.24) is 4.90 Å². The van der Waals surface area contributed by atoms with E-state index in [4.69, 9.17) is 4.74 Å². The van der Waals surface area contributed by atoms with Crippen molar-refractivity contribution in [2.45, 2.75) is 31.6 Å². The first-order valence-electron chi connectivity index (χ1n) is 7.19. The molecule has 4 heteroatoms. The monoisotopic (exact) mass is 293 g/mol. The maximum absolute atomic E-state index is 12.5. The molecule has 0 amide bonds. The summed E-state index contributed by atoms with van der Waals surface area (Å²) in [6.45, 7) is 6.26. The number of ketones is 1. The van der Waals surface area contributed by atoms with Crippen LogP contribution in [0, 0.1) is 0 Å². The molecular weight excluding hydrogens is 270 g/mol. The third-order valence-electron chi connectivity index (χ3n) is 3.93. The molecule has 1 heterocycles. The molecule has 20 heavy (non-hydrogen) atoms. The highest BCUT2D eigenvalue weighted by molar-refractivity contribution is 8.00. The zero-order valence-corrected chi connectivity index (χ0v) is 13.3. The molecule has 0 aromatic heterocycles. The number of benzene rings is 1. The Labute approximate surface area is 125 Å². The summed E-state index contributed by atoms with van der Waals surface area (Å²) >= 11 is 2.03. The Bertz CT molecular complexity index is 446. The summed E-state index contributed by atoms with van der Waals surface area (Å²) in [6.07, 6.45) is 1.17. The topological polar surface area (TPSA) is 29.5 Å². The number of Topliss-reactive ketones (excluding diaryl/α,β-unsaturated/α-hetero) is 1. The van der Waals surface area contributed by atoms with Crippen LogP contribution < -0.4 is 4.74 Å². The Balaban J connectivity index is 2.03. The van der Waals surface area contributed by atoms with Crippen molar-refractivity contribution in [2.24, 2.45) is 0 Å². The first-order valence-corrected chi connectivity index (χ1v) is 8.24. The summed E-state index contributed by atoms with van der Waals surface area (Å²) in [4.78, 5) is 14.9. The van der Waals surface area contributed by atoms with Gasteiger partial charge in [-0.25, -0.2) is 0 Å². The van der Waals surface area contributed by atoms with E-state index in [1.54, 1.807) is 7.11 Å². The molecule has 0 radical (unpaired) electrons. The molecule has 2 unspecified atom stereocenters. The summed E-state index contributed by atoms with van der Waals surface area (Å²) in [5, 5.41) is 0.662. The zero-order chi connectivity index (χ0) is 14.5. The highest BCUT2D eigenvalue weighted by atomic mass is 32.2. The molecule has 0 bridgehead atoms. The summed E-state index contributed by atoms with van der Waals surface area (Å²) in [6, 6.07) is 7.36. The molecule has 1 saturated heterocycles. The molecule has 1 fully saturated rings. The molecule has 110 valence electrons. The predicted octanol–water partition coefficient (Wildman–Crippen LogP) is 3.09. The zero-order valence-electron chi connectivity index (χ0n) is 12.5. The van der Waals surface area contributed by atoms with Crippen LogP contribution in [0.2, 0.25) is 0 Å². The van der Waals surface area contributed by atoms with Crippen molar-refractivity contribution < 1.29 is 9.53 Å². The smallest absolute Gasteiger partial charge is 0.179 e. The molecule has 0 spiro atoms. The number of methoxy groups -OCH3 is 1. The van der Waals surface area contributed by atoms with Crippen LogP contribution in [0.1, 0.15) is 30.6 Å². The maximum atomic E-state index is 12.5. The molecule has 1 aliphatic heterocycles. The maximum Gasteiger partial charge on any atom is 0.179 e. The lowest BCUT2D eigenvalue weighted by atomic mass is 10.0. The van der Waals surface area contributed by atoms with Gasteiger partial charge in [-0.2, -0.15) is 11.8 Å². The van der Waals surface area contributed by atoms with E-state index in [-0.39, 0.29) is 11.8 Å². The van der Waals surface area contributed by atoms with Gasteiger partial charge in [0.1, 0.15) is 5.75 Å². The Kier molecular flexibility index (Phi) is 5.49. The average Bonchev–Trinajstić information content (AvgIpc) is 2.53. The van der Waals surface area contributed by atoms with Crippen LogP contribution in [0.5, 0.6) is 5.75 Å².